The summed E-state index contributed by atoms with van der Waals surface area (Å²) >= 11 is 0. The molecule has 1 saturated heterocycles. The molecule has 174 valence electrons. The largest absolute Gasteiger partial charge is 0.377 e. The molecule has 2 aromatic heterocycles. The highest BCUT2D eigenvalue weighted by Gasteiger charge is 2.26. The standard InChI is InChI=1S/C24H30N6O3/c1-4-24(2,3)27-20-6-5-12-25-22(20)26-18-10-13-28(14-11-18)23(31)29-15-9-17-16-19(30(32)33)7-8-21(17)29/h5-9,12,15-16,18,27H,4,10-11,13-14H2,1-3H3,(H,25,26). The number of non-ortho nitro benzene ring substituents is 1. The smallest absolute Gasteiger partial charge is 0.328 e. The van der Waals surface area contributed by atoms with E-state index in [1.54, 1.807) is 29.1 Å². The van der Waals surface area contributed by atoms with Crippen LogP contribution in [0, 0.1) is 10.1 Å². The lowest BCUT2D eigenvalue weighted by atomic mass is 10.0. The highest BCUT2D eigenvalue weighted by Crippen LogP contribution is 2.27. The Hall–Kier alpha value is -3.62. The number of nitro benzene ring substituents is 1. The monoisotopic (exact) mass is 450 g/mol. The molecule has 1 fully saturated rings. The molecule has 0 atom stereocenters. The Labute approximate surface area is 192 Å². The number of hydrogen-bond acceptors (Lipinski definition) is 6. The number of aromatic nitrogens is 2. The number of hydrogen-bond donors (Lipinski definition) is 2. The van der Waals surface area contributed by atoms with Crippen molar-refractivity contribution in [1.82, 2.24) is 14.5 Å². The summed E-state index contributed by atoms with van der Waals surface area (Å²) in [4.78, 5) is 30.1. The maximum absolute atomic E-state index is 13.1. The number of nitrogens with one attached hydrogen (secondary N) is 2. The van der Waals surface area contributed by atoms with Crippen molar-refractivity contribution in [2.45, 2.75) is 51.6 Å². The quantitative estimate of drug-likeness (QED) is 0.400. The van der Waals surface area contributed by atoms with Crippen LogP contribution in [0.5, 0.6) is 0 Å². The van der Waals surface area contributed by atoms with Gasteiger partial charge in [-0.05, 0) is 57.4 Å². The van der Waals surface area contributed by atoms with Gasteiger partial charge in [0, 0.05) is 54.6 Å². The van der Waals surface area contributed by atoms with E-state index in [-0.39, 0.29) is 23.3 Å². The minimum absolute atomic E-state index is 0.0188. The summed E-state index contributed by atoms with van der Waals surface area (Å²) in [6, 6.07) is 10.4. The van der Waals surface area contributed by atoms with Gasteiger partial charge in [-0.15, -0.1) is 0 Å². The summed E-state index contributed by atoms with van der Waals surface area (Å²) in [6.45, 7) is 7.73. The molecule has 33 heavy (non-hydrogen) atoms. The molecular formula is C24H30N6O3. The Balaban J connectivity index is 1.40. The number of fused-ring (bicyclic) bond motifs is 1. The number of benzene rings is 1. The third-order valence-corrected chi connectivity index (χ3v) is 6.36. The fourth-order valence-electron chi connectivity index (χ4n) is 4.05. The molecular weight excluding hydrogens is 420 g/mol. The average Bonchev–Trinajstić information content (AvgIpc) is 3.23. The van der Waals surface area contributed by atoms with Crippen molar-refractivity contribution in [2.75, 3.05) is 23.7 Å². The Morgan fingerprint density at radius 1 is 1.24 bits per heavy atom. The highest BCUT2D eigenvalue weighted by atomic mass is 16.6. The normalized spacial score (nSPS) is 14.9. The van der Waals surface area contributed by atoms with Crippen LogP contribution in [-0.2, 0) is 0 Å². The van der Waals surface area contributed by atoms with Gasteiger partial charge in [-0.1, -0.05) is 6.92 Å². The molecule has 2 N–H and O–H groups in total. The summed E-state index contributed by atoms with van der Waals surface area (Å²) in [5.74, 6) is 0.835. The van der Waals surface area contributed by atoms with Crippen LogP contribution in [0.4, 0.5) is 22.0 Å². The number of amides is 1. The van der Waals surface area contributed by atoms with Crippen LogP contribution in [0.25, 0.3) is 10.9 Å². The van der Waals surface area contributed by atoms with Gasteiger partial charge in [0.15, 0.2) is 0 Å². The van der Waals surface area contributed by atoms with Gasteiger partial charge in [0.1, 0.15) is 5.82 Å². The van der Waals surface area contributed by atoms with Crippen molar-refractivity contribution >= 4 is 34.1 Å². The van der Waals surface area contributed by atoms with E-state index in [4.69, 9.17) is 0 Å². The fourth-order valence-corrected chi connectivity index (χ4v) is 4.05. The van der Waals surface area contributed by atoms with Crippen molar-refractivity contribution in [1.29, 1.82) is 0 Å². The number of anilines is 2. The number of nitro groups is 1. The van der Waals surface area contributed by atoms with E-state index in [0.29, 0.717) is 24.0 Å². The lowest BCUT2D eigenvalue weighted by Crippen LogP contribution is -2.44. The first-order valence-electron chi connectivity index (χ1n) is 11.3. The van der Waals surface area contributed by atoms with Gasteiger partial charge in [0.25, 0.3) is 5.69 Å². The minimum Gasteiger partial charge on any atom is -0.377 e. The molecule has 0 aliphatic carbocycles. The molecule has 0 bridgehead atoms. The number of piperidine rings is 1. The number of carbonyl (C=O) groups is 1. The number of carbonyl (C=O) groups excluding carboxylic acids is 1. The van der Waals surface area contributed by atoms with Gasteiger partial charge < -0.3 is 15.5 Å². The van der Waals surface area contributed by atoms with Gasteiger partial charge in [-0.3, -0.25) is 14.7 Å². The van der Waals surface area contributed by atoms with Crippen molar-refractivity contribution in [3.05, 3.63) is 58.9 Å². The Kier molecular flexibility index (Phi) is 6.22. The lowest BCUT2D eigenvalue weighted by Gasteiger charge is -2.33. The molecule has 3 aromatic rings. The molecule has 1 aromatic carbocycles. The molecule has 9 nitrogen and oxygen atoms in total. The van der Waals surface area contributed by atoms with E-state index < -0.39 is 4.92 Å². The second-order valence-electron chi connectivity index (χ2n) is 9.14. The average molecular weight is 451 g/mol. The van der Waals surface area contributed by atoms with Crippen LogP contribution in [0.3, 0.4) is 0 Å². The van der Waals surface area contributed by atoms with Crippen LogP contribution >= 0.6 is 0 Å². The summed E-state index contributed by atoms with van der Waals surface area (Å²) < 4.78 is 1.57. The topological polar surface area (TPSA) is 105 Å². The number of rotatable bonds is 6. The highest BCUT2D eigenvalue weighted by molar-refractivity contribution is 5.92. The third kappa shape index (κ3) is 4.92. The van der Waals surface area contributed by atoms with Crippen molar-refractivity contribution < 1.29 is 9.72 Å². The molecule has 0 unspecified atom stereocenters. The third-order valence-electron chi connectivity index (χ3n) is 6.36. The second-order valence-corrected chi connectivity index (χ2v) is 9.14. The van der Waals surface area contributed by atoms with Crippen LogP contribution in [-0.4, -0.2) is 50.1 Å². The van der Waals surface area contributed by atoms with E-state index in [1.807, 2.05) is 17.0 Å². The summed E-state index contributed by atoms with van der Waals surface area (Å²) in [5, 5.41) is 18.8. The lowest BCUT2D eigenvalue weighted by molar-refractivity contribution is -0.384. The first-order chi connectivity index (χ1) is 15.8. The molecule has 1 amide bonds. The van der Waals surface area contributed by atoms with E-state index >= 15 is 0 Å². The van der Waals surface area contributed by atoms with Gasteiger partial charge >= 0.3 is 6.03 Å². The molecule has 0 saturated carbocycles. The molecule has 9 heteroatoms. The predicted molar refractivity (Wildman–Crippen MR) is 130 cm³/mol. The van der Waals surface area contributed by atoms with Crippen LogP contribution in [0.15, 0.2) is 48.8 Å². The van der Waals surface area contributed by atoms with E-state index in [2.05, 4.69) is 36.4 Å². The summed E-state index contributed by atoms with van der Waals surface area (Å²) in [6.07, 6.45) is 6.07. The Bertz CT molecular complexity index is 1160. The summed E-state index contributed by atoms with van der Waals surface area (Å²) in [7, 11) is 0. The molecule has 1 aliphatic heterocycles. The predicted octanol–water partition coefficient (Wildman–Crippen LogP) is 5.09. The van der Waals surface area contributed by atoms with Gasteiger partial charge in [-0.25, -0.2) is 9.78 Å². The molecule has 4 rings (SSSR count). The summed E-state index contributed by atoms with van der Waals surface area (Å²) in [5.41, 5.74) is 1.64. The number of likely N-dealkylation sites (tertiary alicyclic amines) is 1. The van der Waals surface area contributed by atoms with E-state index in [9.17, 15) is 14.9 Å². The maximum atomic E-state index is 13.1. The zero-order chi connectivity index (χ0) is 23.6. The van der Waals surface area contributed by atoms with Crippen molar-refractivity contribution in [3.8, 4) is 0 Å². The van der Waals surface area contributed by atoms with Crippen molar-refractivity contribution in [3.63, 3.8) is 0 Å². The van der Waals surface area contributed by atoms with Gasteiger partial charge in [0.2, 0.25) is 0 Å². The maximum Gasteiger partial charge on any atom is 0.328 e. The van der Waals surface area contributed by atoms with Crippen LogP contribution in [0.2, 0.25) is 0 Å². The van der Waals surface area contributed by atoms with E-state index in [1.165, 1.54) is 12.1 Å². The molecule has 3 heterocycles. The van der Waals surface area contributed by atoms with Crippen LogP contribution < -0.4 is 10.6 Å². The Morgan fingerprint density at radius 3 is 2.70 bits per heavy atom. The van der Waals surface area contributed by atoms with Crippen molar-refractivity contribution in [2.24, 2.45) is 0 Å². The van der Waals surface area contributed by atoms with Gasteiger partial charge in [-0.2, -0.15) is 0 Å². The first kappa shape index (κ1) is 22.6. The zero-order valence-electron chi connectivity index (χ0n) is 19.2. The Morgan fingerprint density at radius 2 is 2.00 bits per heavy atom. The molecule has 0 spiro atoms. The molecule has 0 radical (unpaired) electrons. The number of pyridine rings is 1. The minimum atomic E-state index is -0.428. The molecule has 1 aliphatic rings. The van der Waals surface area contributed by atoms with Gasteiger partial charge in [0.05, 0.1) is 16.1 Å². The first-order valence-corrected chi connectivity index (χ1v) is 11.3. The zero-order valence-corrected chi connectivity index (χ0v) is 19.2. The second kappa shape index (κ2) is 9.09. The fraction of sp³-hybridized carbons (Fsp3) is 0.417. The van der Waals surface area contributed by atoms with Crippen LogP contribution in [0.1, 0.15) is 40.0 Å². The van der Waals surface area contributed by atoms with E-state index in [0.717, 1.165) is 30.8 Å². The SMILES string of the molecule is CCC(C)(C)Nc1cccnc1NC1CCN(C(=O)n2ccc3cc([N+](=O)[O-])ccc32)CC1. The number of nitrogens with zero attached hydrogens (tertiary/aromatic N) is 4.